The molecule has 6 nitrogen and oxygen atoms in total. The molecule has 2 aliphatic carbocycles. The van der Waals surface area contributed by atoms with E-state index in [0.29, 0.717) is 0 Å². The number of carbonyl (C=O) groups excluding carboxylic acids is 3. The van der Waals surface area contributed by atoms with E-state index < -0.39 is 5.92 Å². The van der Waals surface area contributed by atoms with Gasteiger partial charge < -0.3 is 14.4 Å². The summed E-state index contributed by atoms with van der Waals surface area (Å²) in [7, 11) is 1.34. The van der Waals surface area contributed by atoms with E-state index >= 15 is 0 Å². The second-order valence-electron chi connectivity index (χ2n) is 6.54. The van der Waals surface area contributed by atoms with Crippen molar-refractivity contribution in [3.8, 4) is 0 Å². The first-order valence-electron chi connectivity index (χ1n) is 7.45. The summed E-state index contributed by atoms with van der Waals surface area (Å²) in [5.74, 6) is -1.50. The highest BCUT2D eigenvalue weighted by Crippen LogP contribution is 2.60. The number of fused-ring (bicyclic) bond motifs is 1. The van der Waals surface area contributed by atoms with Gasteiger partial charge in [-0.25, -0.2) is 0 Å². The molecule has 1 saturated heterocycles. The zero-order chi connectivity index (χ0) is 15.5. The van der Waals surface area contributed by atoms with Crippen LogP contribution in [0.1, 0.15) is 27.2 Å². The van der Waals surface area contributed by atoms with Gasteiger partial charge in [0.05, 0.1) is 25.0 Å². The summed E-state index contributed by atoms with van der Waals surface area (Å²) >= 11 is 0. The van der Waals surface area contributed by atoms with Crippen molar-refractivity contribution in [1.29, 1.82) is 0 Å². The minimum absolute atomic E-state index is 0.00699. The van der Waals surface area contributed by atoms with Crippen molar-refractivity contribution in [3.05, 3.63) is 0 Å². The van der Waals surface area contributed by atoms with Crippen LogP contribution in [0.5, 0.6) is 0 Å². The molecule has 0 aromatic heterocycles. The monoisotopic (exact) mass is 295 g/mol. The van der Waals surface area contributed by atoms with Gasteiger partial charge in [-0.05, 0) is 26.2 Å². The SMILES string of the molecule is COC(=O)C1C2CC3C1C(=O)N(C(C)C)C3C2OC(C)=O. The molecule has 116 valence electrons. The van der Waals surface area contributed by atoms with Crippen molar-refractivity contribution in [2.45, 2.75) is 45.4 Å². The topological polar surface area (TPSA) is 72.9 Å². The molecule has 3 rings (SSSR count). The number of ether oxygens (including phenoxy) is 2. The van der Waals surface area contributed by atoms with Gasteiger partial charge >= 0.3 is 11.9 Å². The zero-order valence-electron chi connectivity index (χ0n) is 12.7. The van der Waals surface area contributed by atoms with E-state index in [9.17, 15) is 14.4 Å². The summed E-state index contributed by atoms with van der Waals surface area (Å²) in [4.78, 5) is 38.0. The average molecular weight is 295 g/mol. The van der Waals surface area contributed by atoms with Crippen LogP contribution in [0.4, 0.5) is 0 Å². The fraction of sp³-hybridized carbons (Fsp3) is 0.800. The maximum Gasteiger partial charge on any atom is 0.309 e. The maximum absolute atomic E-state index is 12.7. The standard InChI is InChI=1S/C15H21NO5/c1-6(2)16-12-8-5-9(13(12)21-7(3)17)11(15(19)20-4)10(8)14(16)18/h6,8-13H,5H2,1-4H3. The Hall–Kier alpha value is -1.59. The molecule has 2 bridgehead atoms. The third-order valence-electron chi connectivity index (χ3n) is 5.24. The minimum Gasteiger partial charge on any atom is -0.469 e. The number of methoxy groups -OCH3 is 1. The van der Waals surface area contributed by atoms with Crippen LogP contribution in [0.3, 0.4) is 0 Å². The quantitative estimate of drug-likeness (QED) is 0.713. The summed E-state index contributed by atoms with van der Waals surface area (Å²) in [6.07, 6.45) is 0.365. The van der Waals surface area contributed by atoms with E-state index in [1.54, 1.807) is 0 Å². The van der Waals surface area contributed by atoms with Gasteiger partial charge in [-0.2, -0.15) is 0 Å². The molecule has 0 N–H and O–H groups in total. The van der Waals surface area contributed by atoms with Crippen molar-refractivity contribution < 1.29 is 23.9 Å². The van der Waals surface area contributed by atoms with Crippen LogP contribution < -0.4 is 0 Å². The lowest BCUT2D eigenvalue weighted by Gasteiger charge is -2.35. The second-order valence-corrected chi connectivity index (χ2v) is 6.54. The summed E-state index contributed by atoms with van der Waals surface area (Å²) in [6, 6.07) is -0.0551. The van der Waals surface area contributed by atoms with Crippen LogP contribution >= 0.6 is 0 Å². The smallest absolute Gasteiger partial charge is 0.309 e. The Morgan fingerprint density at radius 2 is 1.95 bits per heavy atom. The van der Waals surface area contributed by atoms with Crippen LogP contribution in [-0.2, 0) is 23.9 Å². The highest BCUT2D eigenvalue weighted by Gasteiger charge is 2.71. The molecule has 0 spiro atoms. The van der Waals surface area contributed by atoms with Crippen LogP contribution in [0.15, 0.2) is 0 Å². The largest absolute Gasteiger partial charge is 0.469 e. The molecule has 0 aromatic rings. The Balaban J connectivity index is 2.00. The highest BCUT2D eigenvalue weighted by molar-refractivity contribution is 5.90. The van der Waals surface area contributed by atoms with Crippen LogP contribution in [0.25, 0.3) is 0 Å². The van der Waals surface area contributed by atoms with Crippen molar-refractivity contribution in [2.75, 3.05) is 7.11 Å². The van der Waals surface area contributed by atoms with Crippen LogP contribution in [-0.4, -0.2) is 48.0 Å². The van der Waals surface area contributed by atoms with Crippen molar-refractivity contribution in [3.63, 3.8) is 0 Å². The number of hydrogen-bond acceptors (Lipinski definition) is 5. The number of nitrogens with zero attached hydrogens (tertiary/aromatic N) is 1. The first-order chi connectivity index (χ1) is 9.88. The van der Waals surface area contributed by atoms with Crippen molar-refractivity contribution >= 4 is 17.8 Å². The van der Waals surface area contributed by atoms with Crippen LogP contribution in [0.2, 0.25) is 0 Å². The fourth-order valence-electron chi connectivity index (χ4n) is 4.75. The predicted molar refractivity (Wildman–Crippen MR) is 71.9 cm³/mol. The van der Waals surface area contributed by atoms with Gasteiger partial charge in [-0.1, -0.05) is 0 Å². The van der Waals surface area contributed by atoms with E-state index in [1.165, 1.54) is 14.0 Å². The molecular weight excluding hydrogens is 274 g/mol. The molecule has 2 saturated carbocycles. The van der Waals surface area contributed by atoms with Gasteiger partial charge in [0.25, 0.3) is 0 Å². The molecule has 6 unspecified atom stereocenters. The average Bonchev–Trinajstić information content (AvgIpc) is 2.99. The van der Waals surface area contributed by atoms with E-state index in [4.69, 9.17) is 9.47 Å². The Morgan fingerprint density at radius 3 is 2.48 bits per heavy atom. The predicted octanol–water partition coefficient (Wildman–Crippen LogP) is 0.592. The van der Waals surface area contributed by atoms with Crippen molar-refractivity contribution in [1.82, 2.24) is 4.90 Å². The lowest BCUT2D eigenvalue weighted by atomic mass is 9.78. The van der Waals surface area contributed by atoms with Gasteiger partial charge in [-0.3, -0.25) is 14.4 Å². The highest BCUT2D eigenvalue weighted by atomic mass is 16.5. The first-order valence-corrected chi connectivity index (χ1v) is 7.45. The molecule has 1 aliphatic heterocycles. The molecule has 1 heterocycles. The number of esters is 2. The maximum atomic E-state index is 12.7. The van der Waals surface area contributed by atoms with E-state index in [0.717, 1.165) is 6.42 Å². The Labute approximate surface area is 123 Å². The van der Waals surface area contributed by atoms with Gasteiger partial charge in [0.1, 0.15) is 6.10 Å². The summed E-state index contributed by atoms with van der Waals surface area (Å²) in [5, 5.41) is 0. The molecule has 3 fully saturated rings. The van der Waals surface area contributed by atoms with Gasteiger partial charge in [0, 0.05) is 18.9 Å². The number of hydrogen-bond donors (Lipinski definition) is 0. The molecule has 6 atom stereocenters. The fourth-order valence-corrected chi connectivity index (χ4v) is 4.75. The van der Waals surface area contributed by atoms with Gasteiger partial charge in [0.15, 0.2) is 0 Å². The lowest BCUT2D eigenvalue weighted by Crippen LogP contribution is -2.48. The lowest BCUT2D eigenvalue weighted by molar-refractivity contribution is -0.160. The second kappa shape index (κ2) is 4.71. The minimum atomic E-state index is -0.475. The number of amides is 1. The summed E-state index contributed by atoms with van der Waals surface area (Å²) in [5.41, 5.74) is 0. The third-order valence-corrected chi connectivity index (χ3v) is 5.24. The Kier molecular flexibility index (Phi) is 3.22. The van der Waals surface area contributed by atoms with E-state index in [-0.39, 0.29) is 53.8 Å². The number of rotatable bonds is 3. The van der Waals surface area contributed by atoms with Gasteiger partial charge in [0.2, 0.25) is 5.91 Å². The Morgan fingerprint density at radius 1 is 1.29 bits per heavy atom. The summed E-state index contributed by atoms with van der Waals surface area (Å²) < 4.78 is 10.4. The van der Waals surface area contributed by atoms with E-state index in [2.05, 4.69) is 0 Å². The molecule has 0 radical (unpaired) electrons. The van der Waals surface area contributed by atoms with E-state index in [1.807, 2.05) is 18.7 Å². The molecule has 1 amide bonds. The van der Waals surface area contributed by atoms with Gasteiger partial charge in [-0.15, -0.1) is 0 Å². The normalized spacial score (nSPS) is 40.0. The molecule has 6 heteroatoms. The Bertz CT molecular complexity index is 502. The zero-order valence-corrected chi connectivity index (χ0v) is 12.7. The molecule has 0 aromatic carbocycles. The number of likely N-dealkylation sites (tertiary alicyclic amines) is 1. The third kappa shape index (κ3) is 1.80. The molecule has 3 aliphatic rings. The van der Waals surface area contributed by atoms with Crippen LogP contribution in [0, 0.1) is 23.7 Å². The molecule has 21 heavy (non-hydrogen) atoms. The molecular formula is C15H21NO5. The number of carbonyl (C=O) groups is 3. The first kappa shape index (κ1) is 14.4. The van der Waals surface area contributed by atoms with Crippen molar-refractivity contribution in [2.24, 2.45) is 23.7 Å². The summed E-state index contributed by atoms with van der Waals surface area (Å²) in [6.45, 7) is 5.27.